The summed E-state index contributed by atoms with van der Waals surface area (Å²) in [5, 5.41) is 11.3. The molecule has 0 saturated heterocycles. The van der Waals surface area contributed by atoms with Gasteiger partial charge >= 0.3 is 0 Å². The molecule has 0 fully saturated rings. The molecule has 0 saturated carbocycles. The highest BCUT2D eigenvalue weighted by Crippen LogP contribution is 1.85. The Labute approximate surface area is 76.0 Å². The van der Waals surface area contributed by atoms with E-state index >= 15 is 0 Å². The van der Waals surface area contributed by atoms with E-state index in [0.29, 0.717) is 6.42 Å². The van der Waals surface area contributed by atoms with Crippen LogP contribution in [-0.4, -0.2) is 27.3 Å². The molecule has 0 aliphatic carbocycles. The number of sulfonamides is 1. The van der Waals surface area contributed by atoms with Gasteiger partial charge < -0.3 is 0 Å². The van der Waals surface area contributed by atoms with E-state index in [4.69, 9.17) is 10.8 Å². The van der Waals surface area contributed by atoms with Crippen LogP contribution < -0.4 is 4.72 Å². The standard InChI is InChI=1S/C5H9N5O2S/c6-2-5-13(11,12)9-4-1-3-8-10-7/h9H,1,3-5H2. The topological polar surface area (TPSA) is 119 Å². The number of nitriles is 1. The van der Waals surface area contributed by atoms with Gasteiger partial charge in [0.2, 0.25) is 10.0 Å². The number of nitrogens with zero attached hydrogens (tertiary/aromatic N) is 4. The number of azide groups is 1. The summed E-state index contributed by atoms with van der Waals surface area (Å²) in [6, 6.07) is 1.53. The van der Waals surface area contributed by atoms with Crippen molar-refractivity contribution in [3.63, 3.8) is 0 Å². The minimum Gasteiger partial charge on any atom is -0.214 e. The quantitative estimate of drug-likeness (QED) is 0.286. The number of hydrogen-bond acceptors (Lipinski definition) is 4. The van der Waals surface area contributed by atoms with E-state index in [-0.39, 0.29) is 13.1 Å². The average Bonchev–Trinajstić information content (AvgIpc) is 2.04. The molecule has 0 bridgehead atoms. The third kappa shape index (κ3) is 7.08. The fourth-order valence-corrected chi connectivity index (χ4v) is 1.29. The average molecular weight is 203 g/mol. The van der Waals surface area contributed by atoms with E-state index in [0.717, 1.165) is 0 Å². The zero-order valence-corrected chi connectivity index (χ0v) is 7.66. The fraction of sp³-hybridized carbons (Fsp3) is 0.800. The van der Waals surface area contributed by atoms with Gasteiger partial charge in [-0.3, -0.25) is 0 Å². The van der Waals surface area contributed by atoms with Crippen LogP contribution in [0, 0.1) is 11.3 Å². The molecule has 0 amide bonds. The van der Waals surface area contributed by atoms with Crippen molar-refractivity contribution >= 4 is 10.0 Å². The van der Waals surface area contributed by atoms with Crippen molar-refractivity contribution in [2.24, 2.45) is 5.11 Å². The van der Waals surface area contributed by atoms with Crippen LogP contribution in [0.4, 0.5) is 0 Å². The summed E-state index contributed by atoms with van der Waals surface area (Å²) >= 11 is 0. The van der Waals surface area contributed by atoms with Gasteiger partial charge in [0, 0.05) is 18.0 Å². The van der Waals surface area contributed by atoms with E-state index in [1.54, 1.807) is 0 Å². The highest BCUT2D eigenvalue weighted by atomic mass is 32.2. The Bertz CT molecular complexity index is 323. The predicted octanol–water partition coefficient (Wildman–Crippen LogP) is 0.130. The van der Waals surface area contributed by atoms with Crippen LogP contribution in [0.1, 0.15) is 6.42 Å². The smallest absolute Gasteiger partial charge is 0.214 e. The van der Waals surface area contributed by atoms with E-state index in [1.807, 2.05) is 0 Å². The van der Waals surface area contributed by atoms with Gasteiger partial charge in [0.05, 0.1) is 6.07 Å². The molecule has 0 aliphatic heterocycles. The first kappa shape index (κ1) is 11.7. The van der Waals surface area contributed by atoms with Crippen molar-refractivity contribution in [3.05, 3.63) is 10.4 Å². The summed E-state index contributed by atoms with van der Waals surface area (Å²) in [5.41, 5.74) is 7.89. The molecule has 8 heteroatoms. The molecule has 0 aromatic carbocycles. The molecular weight excluding hydrogens is 194 g/mol. The van der Waals surface area contributed by atoms with Crippen LogP contribution in [0.5, 0.6) is 0 Å². The molecule has 13 heavy (non-hydrogen) atoms. The maximum atomic E-state index is 10.8. The molecule has 0 atom stereocenters. The Hall–Kier alpha value is -1.29. The number of rotatable bonds is 6. The molecule has 0 aromatic rings. The highest BCUT2D eigenvalue weighted by molar-refractivity contribution is 7.89. The SMILES string of the molecule is N#CCS(=O)(=O)NCCCN=[N+]=[N-]. The molecule has 0 rings (SSSR count). The van der Waals surface area contributed by atoms with Crippen molar-refractivity contribution < 1.29 is 8.42 Å². The second-order valence-electron chi connectivity index (χ2n) is 2.12. The monoisotopic (exact) mass is 203 g/mol. The van der Waals surface area contributed by atoms with Crippen LogP contribution in [-0.2, 0) is 10.0 Å². The van der Waals surface area contributed by atoms with Crippen molar-refractivity contribution in [1.29, 1.82) is 5.26 Å². The molecule has 1 N–H and O–H groups in total. The Morgan fingerprint density at radius 3 is 2.85 bits per heavy atom. The molecule has 0 radical (unpaired) electrons. The predicted molar refractivity (Wildman–Crippen MR) is 46.0 cm³/mol. The maximum Gasteiger partial charge on any atom is 0.225 e. The van der Waals surface area contributed by atoms with Gasteiger partial charge in [-0.2, -0.15) is 5.26 Å². The highest BCUT2D eigenvalue weighted by Gasteiger charge is 2.06. The van der Waals surface area contributed by atoms with Gasteiger partial charge in [0.25, 0.3) is 0 Å². The van der Waals surface area contributed by atoms with E-state index in [9.17, 15) is 8.42 Å². The van der Waals surface area contributed by atoms with Crippen molar-refractivity contribution in [2.45, 2.75) is 6.42 Å². The summed E-state index contributed by atoms with van der Waals surface area (Å²) in [5.74, 6) is -0.547. The lowest BCUT2D eigenvalue weighted by atomic mass is 10.4. The maximum absolute atomic E-state index is 10.8. The lowest BCUT2D eigenvalue weighted by Gasteiger charge is -2.00. The Morgan fingerprint density at radius 2 is 2.31 bits per heavy atom. The summed E-state index contributed by atoms with van der Waals surface area (Å²) in [6.07, 6.45) is 0.425. The first-order valence-corrected chi connectivity index (χ1v) is 5.13. The lowest BCUT2D eigenvalue weighted by Crippen LogP contribution is -2.27. The molecular formula is C5H9N5O2S. The van der Waals surface area contributed by atoms with Crippen molar-refractivity contribution in [1.82, 2.24) is 4.72 Å². The largest absolute Gasteiger partial charge is 0.225 e. The molecule has 0 aliphatic rings. The van der Waals surface area contributed by atoms with Crippen LogP contribution in [0.25, 0.3) is 10.4 Å². The summed E-state index contributed by atoms with van der Waals surface area (Å²) < 4.78 is 23.8. The summed E-state index contributed by atoms with van der Waals surface area (Å²) in [6.45, 7) is 0.425. The van der Waals surface area contributed by atoms with E-state index < -0.39 is 15.8 Å². The van der Waals surface area contributed by atoms with Gasteiger partial charge in [0.1, 0.15) is 0 Å². The van der Waals surface area contributed by atoms with Gasteiger partial charge in [-0.05, 0) is 12.0 Å². The van der Waals surface area contributed by atoms with E-state index in [2.05, 4.69) is 14.7 Å². The minimum atomic E-state index is -3.46. The first-order valence-electron chi connectivity index (χ1n) is 3.47. The van der Waals surface area contributed by atoms with E-state index in [1.165, 1.54) is 6.07 Å². The zero-order valence-electron chi connectivity index (χ0n) is 6.84. The van der Waals surface area contributed by atoms with Crippen LogP contribution >= 0.6 is 0 Å². The fourth-order valence-electron chi connectivity index (χ4n) is 0.558. The zero-order chi connectivity index (χ0) is 10.2. The number of nitrogens with one attached hydrogen (secondary N) is 1. The summed E-state index contributed by atoms with van der Waals surface area (Å²) in [7, 11) is -3.46. The first-order chi connectivity index (χ1) is 6.12. The van der Waals surface area contributed by atoms with Crippen LogP contribution in [0.2, 0.25) is 0 Å². The Kier molecular flexibility index (Phi) is 5.63. The van der Waals surface area contributed by atoms with Crippen molar-refractivity contribution in [2.75, 3.05) is 18.8 Å². The van der Waals surface area contributed by atoms with Gasteiger partial charge in [-0.1, -0.05) is 5.11 Å². The lowest BCUT2D eigenvalue weighted by molar-refractivity contribution is 0.583. The third-order valence-electron chi connectivity index (χ3n) is 1.07. The van der Waals surface area contributed by atoms with Gasteiger partial charge in [-0.15, -0.1) is 0 Å². The Morgan fingerprint density at radius 1 is 1.62 bits per heavy atom. The van der Waals surface area contributed by atoms with Gasteiger partial charge in [0.15, 0.2) is 5.75 Å². The Balaban J connectivity index is 3.65. The van der Waals surface area contributed by atoms with Gasteiger partial charge in [-0.25, -0.2) is 13.1 Å². The summed E-state index contributed by atoms with van der Waals surface area (Å²) in [4.78, 5) is 2.50. The second-order valence-corrected chi connectivity index (χ2v) is 3.93. The number of hydrogen-bond donors (Lipinski definition) is 1. The van der Waals surface area contributed by atoms with Crippen LogP contribution in [0.3, 0.4) is 0 Å². The normalized spacial score (nSPS) is 10.1. The van der Waals surface area contributed by atoms with Crippen LogP contribution in [0.15, 0.2) is 5.11 Å². The molecule has 0 unspecified atom stereocenters. The third-order valence-corrected chi connectivity index (χ3v) is 2.23. The molecule has 72 valence electrons. The molecule has 0 aromatic heterocycles. The molecule has 0 heterocycles. The molecule has 7 nitrogen and oxygen atoms in total. The molecule has 0 spiro atoms. The van der Waals surface area contributed by atoms with Crippen molar-refractivity contribution in [3.8, 4) is 6.07 Å². The second kappa shape index (κ2) is 6.25. The minimum absolute atomic E-state index is 0.184.